The van der Waals surface area contributed by atoms with Crippen molar-refractivity contribution in [2.45, 2.75) is 26.3 Å². The topological polar surface area (TPSA) is 87.7 Å². The summed E-state index contributed by atoms with van der Waals surface area (Å²) in [6, 6.07) is 4.23. The number of rotatable bonds is 4. The zero-order valence-electron chi connectivity index (χ0n) is 11.7. The van der Waals surface area contributed by atoms with Crippen LogP contribution < -0.4 is 15.4 Å². The highest BCUT2D eigenvalue weighted by Crippen LogP contribution is 2.44. The second-order valence-corrected chi connectivity index (χ2v) is 5.56. The van der Waals surface area contributed by atoms with E-state index in [0.29, 0.717) is 5.75 Å². The molecule has 6 nitrogen and oxygen atoms in total. The first-order valence-corrected chi connectivity index (χ1v) is 6.32. The van der Waals surface area contributed by atoms with Crippen LogP contribution in [0.25, 0.3) is 0 Å². The molecule has 2 rings (SSSR count). The number of ether oxygens (including phenoxy) is 1. The molecule has 1 aliphatic rings. The first-order chi connectivity index (χ1) is 9.33. The molecule has 0 saturated heterocycles. The van der Waals surface area contributed by atoms with Crippen molar-refractivity contribution in [3.05, 3.63) is 23.8 Å². The number of carboxylic acid groups (broad SMARTS) is 1. The fourth-order valence-corrected chi connectivity index (χ4v) is 1.97. The molecule has 1 unspecified atom stereocenters. The quantitative estimate of drug-likeness (QED) is 0.788. The van der Waals surface area contributed by atoms with Crippen LogP contribution in [0.1, 0.15) is 30.6 Å². The molecule has 0 aliphatic heterocycles. The van der Waals surface area contributed by atoms with Gasteiger partial charge >= 0.3 is 12.0 Å². The molecular weight excluding hydrogens is 260 g/mol. The molecule has 0 spiro atoms. The number of hydrogen-bond donors (Lipinski definition) is 3. The highest BCUT2D eigenvalue weighted by Gasteiger charge is 2.46. The molecule has 6 heteroatoms. The van der Waals surface area contributed by atoms with E-state index in [2.05, 4.69) is 24.5 Å². The largest absolute Gasteiger partial charge is 0.497 e. The highest BCUT2D eigenvalue weighted by atomic mass is 16.5. The number of urea groups is 1. The van der Waals surface area contributed by atoms with Crippen molar-refractivity contribution >= 4 is 17.7 Å². The number of methoxy groups -OCH3 is 1. The highest BCUT2D eigenvalue weighted by molar-refractivity contribution is 6.00. The molecule has 0 heterocycles. The van der Waals surface area contributed by atoms with Crippen LogP contribution in [0.5, 0.6) is 5.75 Å². The summed E-state index contributed by atoms with van der Waals surface area (Å²) >= 11 is 0. The summed E-state index contributed by atoms with van der Waals surface area (Å²) < 4.78 is 4.98. The summed E-state index contributed by atoms with van der Waals surface area (Å²) in [7, 11) is 1.45. The summed E-state index contributed by atoms with van der Waals surface area (Å²) in [5.41, 5.74) is 0.358. The molecule has 2 amide bonds. The molecule has 1 fully saturated rings. The second kappa shape index (κ2) is 5.03. The van der Waals surface area contributed by atoms with Gasteiger partial charge in [0.2, 0.25) is 0 Å². The van der Waals surface area contributed by atoms with Crippen LogP contribution in [0.15, 0.2) is 18.2 Å². The molecule has 1 aliphatic carbocycles. The lowest BCUT2D eigenvalue weighted by Gasteiger charge is -2.12. The van der Waals surface area contributed by atoms with Gasteiger partial charge in [-0.2, -0.15) is 0 Å². The third-order valence-corrected chi connectivity index (χ3v) is 3.52. The molecule has 20 heavy (non-hydrogen) atoms. The number of amides is 2. The minimum Gasteiger partial charge on any atom is -0.497 e. The van der Waals surface area contributed by atoms with E-state index in [1.807, 2.05) is 0 Å². The Morgan fingerprint density at radius 3 is 2.55 bits per heavy atom. The van der Waals surface area contributed by atoms with E-state index in [4.69, 9.17) is 9.84 Å². The zero-order valence-corrected chi connectivity index (χ0v) is 11.7. The Bertz CT molecular complexity index is 554. The lowest BCUT2D eigenvalue weighted by molar-refractivity contribution is 0.0697. The smallest absolute Gasteiger partial charge is 0.337 e. The Morgan fingerprint density at radius 2 is 2.05 bits per heavy atom. The van der Waals surface area contributed by atoms with E-state index in [9.17, 15) is 9.59 Å². The van der Waals surface area contributed by atoms with Crippen molar-refractivity contribution < 1.29 is 19.4 Å². The number of carboxylic acids is 1. The van der Waals surface area contributed by atoms with E-state index >= 15 is 0 Å². The van der Waals surface area contributed by atoms with E-state index < -0.39 is 12.0 Å². The summed E-state index contributed by atoms with van der Waals surface area (Å²) in [5.74, 6) is -0.692. The first kappa shape index (κ1) is 14.2. The van der Waals surface area contributed by atoms with E-state index in [1.54, 1.807) is 6.07 Å². The van der Waals surface area contributed by atoms with Gasteiger partial charge in [-0.15, -0.1) is 0 Å². The number of anilines is 1. The third-order valence-electron chi connectivity index (χ3n) is 3.52. The maximum atomic E-state index is 11.8. The molecule has 1 aromatic carbocycles. The Hall–Kier alpha value is -2.24. The van der Waals surface area contributed by atoms with Gasteiger partial charge in [-0.3, -0.25) is 0 Å². The average molecular weight is 278 g/mol. The van der Waals surface area contributed by atoms with E-state index in [0.717, 1.165) is 6.42 Å². The fraction of sp³-hybridized carbons (Fsp3) is 0.429. The van der Waals surface area contributed by atoms with Crippen molar-refractivity contribution in [1.82, 2.24) is 5.32 Å². The molecule has 1 saturated carbocycles. The van der Waals surface area contributed by atoms with Crippen molar-refractivity contribution in [3.63, 3.8) is 0 Å². The minimum absolute atomic E-state index is 0.00504. The molecule has 1 atom stereocenters. The van der Waals surface area contributed by atoms with Crippen LogP contribution in [0.4, 0.5) is 10.5 Å². The molecule has 108 valence electrons. The van der Waals surface area contributed by atoms with Crippen LogP contribution in [0.2, 0.25) is 0 Å². The molecule has 0 aromatic heterocycles. The van der Waals surface area contributed by atoms with Gasteiger partial charge in [0.25, 0.3) is 0 Å². The Labute approximate surface area is 117 Å². The normalized spacial score (nSPS) is 19.1. The first-order valence-electron chi connectivity index (χ1n) is 6.32. The number of benzene rings is 1. The summed E-state index contributed by atoms with van der Waals surface area (Å²) in [4.78, 5) is 23.0. The SMILES string of the molecule is COc1ccc(NC(=O)NC2CC2(C)C)c(C(=O)O)c1. The minimum atomic E-state index is -1.12. The van der Waals surface area contributed by atoms with Crippen molar-refractivity contribution in [3.8, 4) is 5.75 Å². The third kappa shape index (κ3) is 3.01. The van der Waals surface area contributed by atoms with Gasteiger partial charge in [-0.1, -0.05) is 13.8 Å². The van der Waals surface area contributed by atoms with Crippen LogP contribution >= 0.6 is 0 Å². The molecule has 0 bridgehead atoms. The summed E-state index contributed by atoms with van der Waals surface area (Å²) in [6.45, 7) is 4.13. The molecular formula is C14H18N2O4. The van der Waals surface area contributed by atoms with Crippen molar-refractivity contribution in [2.75, 3.05) is 12.4 Å². The van der Waals surface area contributed by atoms with Crippen LogP contribution in [-0.2, 0) is 0 Å². The maximum Gasteiger partial charge on any atom is 0.337 e. The van der Waals surface area contributed by atoms with Gasteiger partial charge in [0.1, 0.15) is 5.75 Å². The zero-order chi connectivity index (χ0) is 14.9. The lowest BCUT2D eigenvalue weighted by Crippen LogP contribution is -2.33. The number of hydrogen-bond acceptors (Lipinski definition) is 3. The Balaban J connectivity index is 2.08. The summed E-state index contributed by atoms with van der Waals surface area (Å²) in [5, 5.41) is 14.5. The number of nitrogens with one attached hydrogen (secondary N) is 2. The average Bonchev–Trinajstić information content (AvgIpc) is 2.96. The maximum absolute atomic E-state index is 11.8. The van der Waals surface area contributed by atoms with E-state index in [1.165, 1.54) is 19.2 Å². The number of carbonyl (C=O) groups is 2. The van der Waals surface area contributed by atoms with Crippen LogP contribution in [0.3, 0.4) is 0 Å². The van der Waals surface area contributed by atoms with Crippen LogP contribution in [0, 0.1) is 5.41 Å². The van der Waals surface area contributed by atoms with Gasteiger partial charge in [0, 0.05) is 6.04 Å². The van der Waals surface area contributed by atoms with Crippen LogP contribution in [-0.4, -0.2) is 30.3 Å². The molecule has 1 aromatic rings. The van der Waals surface area contributed by atoms with Gasteiger partial charge in [0.05, 0.1) is 18.4 Å². The second-order valence-electron chi connectivity index (χ2n) is 5.56. The van der Waals surface area contributed by atoms with Crippen molar-refractivity contribution in [1.29, 1.82) is 0 Å². The Morgan fingerprint density at radius 1 is 1.40 bits per heavy atom. The lowest BCUT2D eigenvalue weighted by atomic mass is 10.1. The number of aromatic carboxylic acids is 1. The number of carbonyl (C=O) groups excluding carboxylic acids is 1. The standard InChI is InChI=1S/C14H18N2O4/c1-14(2)7-11(14)16-13(19)15-10-5-4-8(20-3)6-9(10)12(17)18/h4-6,11H,7H2,1-3H3,(H,17,18)(H2,15,16,19). The molecule has 3 N–H and O–H groups in total. The fourth-order valence-electron chi connectivity index (χ4n) is 1.97. The van der Waals surface area contributed by atoms with Gasteiger partial charge in [-0.25, -0.2) is 9.59 Å². The van der Waals surface area contributed by atoms with Gasteiger partial charge in [0.15, 0.2) is 0 Å². The summed E-state index contributed by atoms with van der Waals surface area (Å²) in [6.07, 6.45) is 0.925. The predicted octanol–water partition coefficient (Wildman–Crippen LogP) is 2.31. The predicted molar refractivity (Wildman–Crippen MR) is 74.3 cm³/mol. The van der Waals surface area contributed by atoms with Crippen molar-refractivity contribution in [2.24, 2.45) is 5.41 Å². The van der Waals surface area contributed by atoms with E-state index in [-0.39, 0.29) is 22.7 Å². The Kier molecular flexibility index (Phi) is 3.57. The van der Waals surface area contributed by atoms with Gasteiger partial charge < -0.3 is 20.5 Å². The monoisotopic (exact) mass is 278 g/mol. The van der Waals surface area contributed by atoms with Gasteiger partial charge in [-0.05, 0) is 30.0 Å². The molecule has 0 radical (unpaired) electrons.